The summed E-state index contributed by atoms with van der Waals surface area (Å²) in [4.78, 5) is 12.6. The second kappa shape index (κ2) is 7.35. The van der Waals surface area contributed by atoms with Gasteiger partial charge in [-0.1, -0.05) is 18.7 Å². The molecule has 2 aromatic carbocycles. The van der Waals surface area contributed by atoms with E-state index < -0.39 is 0 Å². The summed E-state index contributed by atoms with van der Waals surface area (Å²) in [5, 5.41) is 0. The molecule has 0 radical (unpaired) electrons. The van der Waals surface area contributed by atoms with E-state index in [1.807, 2.05) is 19.1 Å². The molecule has 0 aliphatic carbocycles. The Labute approximate surface area is 152 Å². The number of carbonyl (C=O) groups is 1. The molecule has 0 spiro atoms. The van der Waals surface area contributed by atoms with Crippen LogP contribution in [0.1, 0.15) is 22.8 Å². The Morgan fingerprint density at radius 1 is 1.19 bits per heavy atom. The van der Waals surface area contributed by atoms with Gasteiger partial charge in [0.2, 0.25) is 5.78 Å². The Kier molecular flexibility index (Phi) is 4.98. The third-order valence-electron chi connectivity index (χ3n) is 3.85. The molecule has 0 amide bonds. The molecule has 0 saturated carbocycles. The summed E-state index contributed by atoms with van der Waals surface area (Å²) in [5.41, 5.74) is 2.11. The summed E-state index contributed by atoms with van der Waals surface area (Å²) in [6.45, 7) is 6.10. The highest BCUT2D eigenvalue weighted by molar-refractivity contribution is 6.14. The quantitative estimate of drug-likeness (QED) is 0.574. The molecule has 0 atom stereocenters. The van der Waals surface area contributed by atoms with Crippen LogP contribution >= 0.6 is 0 Å². The molecule has 0 N–H and O–H groups in total. The number of carbonyl (C=O) groups excluding carboxylic acids is 1. The first-order chi connectivity index (χ1) is 12.5. The number of para-hydroxylation sites is 1. The fourth-order valence-corrected chi connectivity index (χ4v) is 2.63. The van der Waals surface area contributed by atoms with E-state index in [1.54, 1.807) is 44.6 Å². The Balaban J connectivity index is 1.90. The summed E-state index contributed by atoms with van der Waals surface area (Å²) in [5.74, 6) is 2.27. The molecule has 2 aromatic rings. The lowest BCUT2D eigenvalue weighted by atomic mass is 10.1. The van der Waals surface area contributed by atoms with Gasteiger partial charge in [0.05, 0.1) is 19.8 Å². The van der Waals surface area contributed by atoms with Crippen molar-refractivity contribution in [3.63, 3.8) is 0 Å². The van der Waals surface area contributed by atoms with E-state index in [2.05, 4.69) is 6.58 Å². The van der Waals surface area contributed by atoms with E-state index in [-0.39, 0.29) is 11.5 Å². The molecule has 134 valence electrons. The van der Waals surface area contributed by atoms with Crippen molar-refractivity contribution >= 4 is 11.9 Å². The minimum absolute atomic E-state index is 0.184. The average Bonchev–Trinajstić information content (AvgIpc) is 2.94. The van der Waals surface area contributed by atoms with E-state index in [9.17, 15) is 4.79 Å². The zero-order valence-corrected chi connectivity index (χ0v) is 15.0. The number of ketones is 1. The molecular formula is C21H20O5. The molecule has 0 aromatic heterocycles. The van der Waals surface area contributed by atoms with Gasteiger partial charge in [-0.05, 0) is 36.8 Å². The summed E-state index contributed by atoms with van der Waals surface area (Å²) in [6, 6.07) is 10.6. The third kappa shape index (κ3) is 3.42. The van der Waals surface area contributed by atoms with Crippen LogP contribution < -0.4 is 18.9 Å². The van der Waals surface area contributed by atoms with E-state index in [1.165, 1.54) is 0 Å². The fraction of sp³-hybridized carbons (Fsp3) is 0.190. The van der Waals surface area contributed by atoms with Crippen molar-refractivity contribution in [2.75, 3.05) is 20.8 Å². The minimum Gasteiger partial charge on any atom is -0.493 e. The molecule has 1 aliphatic rings. The van der Waals surface area contributed by atoms with Gasteiger partial charge in [0.15, 0.2) is 17.3 Å². The second-order valence-corrected chi connectivity index (χ2v) is 5.93. The maximum Gasteiger partial charge on any atom is 0.231 e. The monoisotopic (exact) mass is 352 g/mol. The van der Waals surface area contributed by atoms with Gasteiger partial charge in [-0.25, -0.2) is 0 Å². The highest BCUT2D eigenvalue weighted by Gasteiger charge is 2.28. The number of allylic oxidation sites excluding steroid dienone is 1. The van der Waals surface area contributed by atoms with Crippen molar-refractivity contribution in [3.8, 4) is 23.0 Å². The summed E-state index contributed by atoms with van der Waals surface area (Å²) in [6.07, 6.45) is 1.65. The second-order valence-electron chi connectivity index (χ2n) is 5.93. The van der Waals surface area contributed by atoms with Crippen LogP contribution in [-0.4, -0.2) is 26.6 Å². The van der Waals surface area contributed by atoms with Crippen molar-refractivity contribution in [2.24, 2.45) is 0 Å². The Hall–Kier alpha value is -3.21. The van der Waals surface area contributed by atoms with Crippen LogP contribution in [-0.2, 0) is 0 Å². The number of Topliss-reactive ketones (excluding diaryl/α,β-unsaturated/α-hetero) is 1. The van der Waals surface area contributed by atoms with Crippen molar-refractivity contribution in [2.45, 2.75) is 6.92 Å². The molecule has 0 unspecified atom stereocenters. The summed E-state index contributed by atoms with van der Waals surface area (Å²) >= 11 is 0. The van der Waals surface area contributed by atoms with Crippen molar-refractivity contribution in [1.29, 1.82) is 0 Å². The smallest absolute Gasteiger partial charge is 0.231 e. The topological polar surface area (TPSA) is 54.0 Å². The highest BCUT2D eigenvalue weighted by atomic mass is 16.5. The van der Waals surface area contributed by atoms with Crippen LogP contribution in [0.5, 0.6) is 23.0 Å². The molecule has 0 fully saturated rings. The molecule has 3 rings (SSSR count). The number of rotatable bonds is 6. The Bertz CT molecular complexity index is 895. The number of hydrogen-bond acceptors (Lipinski definition) is 5. The number of hydrogen-bond donors (Lipinski definition) is 0. The minimum atomic E-state index is -0.184. The van der Waals surface area contributed by atoms with Gasteiger partial charge >= 0.3 is 0 Å². The first-order valence-electron chi connectivity index (χ1n) is 8.10. The van der Waals surface area contributed by atoms with E-state index in [0.29, 0.717) is 40.7 Å². The van der Waals surface area contributed by atoms with Crippen LogP contribution in [0.4, 0.5) is 0 Å². The van der Waals surface area contributed by atoms with Crippen LogP contribution in [0.25, 0.3) is 6.08 Å². The van der Waals surface area contributed by atoms with Gasteiger partial charge in [-0.15, -0.1) is 0 Å². The lowest BCUT2D eigenvalue weighted by Crippen LogP contribution is -1.99. The number of methoxy groups -OCH3 is 2. The molecule has 26 heavy (non-hydrogen) atoms. The van der Waals surface area contributed by atoms with Gasteiger partial charge < -0.3 is 18.9 Å². The van der Waals surface area contributed by atoms with Crippen molar-refractivity contribution < 1.29 is 23.7 Å². The molecule has 0 bridgehead atoms. The predicted octanol–water partition coefficient (Wildman–Crippen LogP) is 4.27. The van der Waals surface area contributed by atoms with Gasteiger partial charge in [0.25, 0.3) is 0 Å². The number of benzene rings is 2. The maximum atomic E-state index is 12.6. The van der Waals surface area contributed by atoms with Crippen molar-refractivity contribution in [1.82, 2.24) is 0 Å². The van der Waals surface area contributed by atoms with Crippen LogP contribution in [0.2, 0.25) is 0 Å². The highest BCUT2D eigenvalue weighted by Crippen LogP contribution is 2.37. The molecule has 5 nitrogen and oxygen atoms in total. The Morgan fingerprint density at radius 2 is 2.00 bits per heavy atom. The lowest BCUT2D eigenvalue weighted by molar-refractivity contribution is 0.101. The Morgan fingerprint density at radius 3 is 2.69 bits per heavy atom. The zero-order valence-electron chi connectivity index (χ0n) is 15.0. The van der Waals surface area contributed by atoms with Crippen LogP contribution in [0, 0.1) is 0 Å². The van der Waals surface area contributed by atoms with Gasteiger partial charge in [-0.2, -0.15) is 0 Å². The molecule has 0 saturated heterocycles. The van der Waals surface area contributed by atoms with Crippen molar-refractivity contribution in [3.05, 3.63) is 65.4 Å². The van der Waals surface area contributed by atoms with Gasteiger partial charge in [0, 0.05) is 11.6 Å². The third-order valence-corrected chi connectivity index (χ3v) is 3.85. The molecule has 5 heteroatoms. The molecule has 1 heterocycles. The van der Waals surface area contributed by atoms with Gasteiger partial charge in [0.1, 0.15) is 18.1 Å². The summed E-state index contributed by atoms with van der Waals surface area (Å²) in [7, 11) is 3.12. The van der Waals surface area contributed by atoms with Gasteiger partial charge in [-0.3, -0.25) is 4.79 Å². The average molecular weight is 352 g/mol. The SMILES string of the molecule is C=C(C)COc1ccc2c(c1)O/C(=C\c1cccc(OC)c1OC)C2=O. The van der Waals surface area contributed by atoms with Crippen LogP contribution in [0.3, 0.4) is 0 Å². The van der Waals surface area contributed by atoms with E-state index in [0.717, 1.165) is 5.57 Å². The maximum absolute atomic E-state index is 12.6. The molecular weight excluding hydrogens is 332 g/mol. The zero-order chi connectivity index (χ0) is 18.7. The standard InChI is InChI=1S/C21H20O5/c1-13(2)12-25-15-8-9-16-18(11-15)26-19(20(16)22)10-14-6-5-7-17(23-3)21(14)24-4/h5-11H,1,12H2,2-4H3/b19-10-. The van der Waals surface area contributed by atoms with E-state index in [4.69, 9.17) is 18.9 Å². The van der Waals surface area contributed by atoms with Crippen LogP contribution in [0.15, 0.2) is 54.3 Å². The number of fused-ring (bicyclic) bond motifs is 1. The summed E-state index contributed by atoms with van der Waals surface area (Å²) < 4.78 is 22.0. The van der Waals surface area contributed by atoms with E-state index >= 15 is 0 Å². The number of ether oxygens (including phenoxy) is 4. The normalized spacial score (nSPS) is 14.0. The largest absolute Gasteiger partial charge is 0.493 e. The first kappa shape index (κ1) is 17.6. The molecule has 1 aliphatic heterocycles. The first-order valence-corrected chi connectivity index (χ1v) is 8.10. The predicted molar refractivity (Wildman–Crippen MR) is 99.2 cm³/mol. The lowest BCUT2D eigenvalue weighted by Gasteiger charge is -2.10. The fourth-order valence-electron chi connectivity index (χ4n) is 2.63.